The number of nitrogens with one attached hydrogen (secondary N) is 1. The number of aromatic nitrogens is 1. The van der Waals surface area contributed by atoms with Gasteiger partial charge in [-0.2, -0.15) is 0 Å². The first kappa shape index (κ1) is 25.2. The van der Waals surface area contributed by atoms with Gasteiger partial charge in [0.15, 0.2) is 16.6 Å². The third kappa shape index (κ3) is 6.10. The number of methoxy groups -OCH3 is 1. The van der Waals surface area contributed by atoms with Gasteiger partial charge in [-0.05, 0) is 35.9 Å². The second-order valence-corrected chi connectivity index (χ2v) is 10.2. The molecule has 2 aromatic carbocycles. The molecule has 0 saturated carbocycles. The van der Waals surface area contributed by atoms with Crippen molar-refractivity contribution in [2.45, 2.75) is 4.90 Å². The van der Waals surface area contributed by atoms with Crippen LogP contribution in [0, 0.1) is 0 Å². The van der Waals surface area contributed by atoms with Crippen LogP contribution in [-0.2, 0) is 14.8 Å². The number of carbonyl (C=O) groups is 1. The van der Waals surface area contributed by atoms with Crippen LogP contribution in [0.5, 0.6) is 11.5 Å². The molecule has 0 aliphatic carbocycles. The van der Waals surface area contributed by atoms with Crippen LogP contribution in [0.1, 0.15) is 5.56 Å². The summed E-state index contributed by atoms with van der Waals surface area (Å²) in [4.78, 5) is 17.0. The second-order valence-electron chi connectivity index (χ2n) is 7.18. The van der Waals surface area contributed by atoms with Crippen LogP contribution in [0.3, 0.4) is 0 Å². The lowest BCUT2D eigenvalue weighted by Crippen LogP contribution is -2.22. The molecular formula is C24H25N3O5S2. The first-order valence-corrected chi connectivity index (χ1v) is 12.5. The fourth-order valence-electron chi connectivity index (χ4n) is 2.85. The van der Waals surface area contributed by atoms with Crippen LogP contribution in [0.2, 0.25) is 0 Å². The summed E-state index contributed by atoms with van der Waals surface area (Å²) in [6.07, 6.45) is 4.71. The van der Waals surface area contributed by atoms with E-state index in [-0.39, 0.29) is 10.8 Å². The molecular weight excluding hydrogens is 474 g/mol. The molecule has 0 spiro atoms. The highest BCUT2D eigenvalue weighted by atomic mass is 32.2. The zero-order valence-electron chi connectivity index (χ0n) is 19.0. The third-order valence-corrected chi connectivity index (χ3v) is 7.22. The minimum atomic E-state index is -3.49. The van der Waals surface area contributed by atoms with Gasteiger partial charge in [-0.25, -0.2) is 17.7 Å². The van der Waals surface area contributed by atoms with E-state index in [0.29, 0.717) is 28.9 Å². The number of benzene rings is 2. The summed E-state index contributed by atoms with van der Waals surface area (Å²) in [6, 6.07) is 11.8. The summed E-state index contributed by atoms with van der Waals surface area (Å²) in [7, 11) is 1.02. The van der Waals surface area contributed by atoms with E-state index in [1.165, 1.54) is 43.6 Å². The fourth-order valence-corrected chi connectivity index (χ4v) is 4.47. The van der Waals surface area contributed by atoms with Crippen LogP contribution in [-0.4, -0.2) is 51.4 Å². The van der Waals surface area contributed by atoms with Crippen LogP contribution < -0.4 is 14.8 Å². The SMILES string of the molecule is C=CCOc1ccc(/C=C/C(=O)Nc2nc(-c3ccc(S(=O)(=O)N(C)C)cc3)cs2)cc1OC. The molecule has 1 N–H and O–H groups in total. The lowest BCUT2D eigenvalue weighted by molar-refractivity contribution is -0.111. The summed E-state index contributed by atoms with van der Waals surface area (Å²) in [5, 5.41) is 4.96. The number of hydrogen-bond donors (Lipinski definition) is 1. The van der Waals surface area contributed by atoms with E-state index in [1.54, 1.807) is 48.9 Å². The van der Waals surface area contributed by atoms with Crippen molar-refractivity contribution in [2.75, 3.05) is 33.1 Å². The molecule has 3 aromatic rings. The lowest BCUT2D eigenvalue weighted by atomic mass is 10.2. The molecule has 0 atom stereocenters. The van der Waals surface area contributed by atoms with E-state index in [9.17, 15) is 13.2 Å². The van der Waals surface area contributed by atoms with Crippen LogP contribution >= 0.6 is 11.3 Å². The molecule has 178 valence electrons. The summed E-state index contributed by atoms with van der Waals surface area (Å²) < 4.78 is 36.4. The molecule has 0 fully saturated rings. The smallest absolute Gasteiger partial charge is 0.250 e. The topological polar surface area (TPSA) is 97.8 Å². The van der Waals surface area contributed by atoms with Gasteiger partial charge in [-0.1, -0.05) is 30.9 Å². The highest BCUT2D eigenvalue weighted by Crippen LogP contribution is 2.29. The maximum Gasteiger partial charge on any atom is 0.250 e. The van der Waals surface area contributed by atoms with E-state index in [1.807, 2.05) is 6.07 Å². The molecule has 0 saturated heterocycles. The number of amides is 1. The van der Waals surface area contributed by atoms with E-state index < -0.39 is 10.0 Å². The first-order chi connectivity index (χ1) is 16.2. The predicted octanol–water partition coefficient (Wildman–Crippen LogP) is 4.29. The molecule has 8 nitrogen and oxygen atoms in total. The van der Waals surface area contributed by atoms with Crippen molar-refractivity contribution >= 4 is 38.5 Å². The average molecular weight is 500 g/mol. The fraction of sp³-hybridized carbons (Fsp3) is 0.167. The number of nitrogens with zero attached hydrogens (tertiary/aromatic N) is 2. The normalized spacial score (nSPS) is 11.5. The van der Waals surface area contributed by atoms with Gasteiger partial charge in [0, 0.05) is 31.1 Å². The minimum absolute atomic E-state index is 0.201. The first-order valence-electron chi connectivity index (χ1n) is 10.1. The van der Waals surface area contributed by atoms with E-state index in [2.05, 4.69) is 16.9 Å². The quantitative estimate of drug-likeness (QED) is 0.330. The molecule has 1 amide bonds. The number of sulfonamides is 1. The number of rotatable bonds is 10. The number of anilines is 1. The Morgan fingerprint density at radius 3 is 2.56 bits per heavy atom. The van der Waals surface area contributed by atoms with Crippen molar-refractivity contribution < 1.29 is 22.7 Å². The average Bonchev–Trinajstić information content (AvgIpc) is 3.30. The Bertz CT molecular complexity index is 1300. The van der Waals surface area contributed by atoms with Gasteiger partial charge >= 0.3 is 0 Å². The van der Waals surface area contributed by atoms with Gasteiger partial charge in [0.05, 0.1) is 17.7 Å². The van der Waals surface area contributed by atoms with Gasteiger partial charge in [0.25, 0.3) is 0 Å². The molecule has 0 unspecified atom stereocenters. The Morgan fingerprint density at radius 2 is 1.91 bits per heavy atom. The molecule has 1 heterocycles. The lowest BCUT2D eigenvalue weighted by Gasteiger charge is -2.11. The minimum Gasteiger partial charge on any atom is -0.493 e. The van der Waals surface area contributed by atoms with Gasteiger partial charge in [0.2, 0.25) is 15.9 Å². The molecule has 0 aliphatic heterocycles. The summed E-state index contributed by atoms with van der Waals surface area (Å²) in [5.41, 5.74) is 2.15. The van der Waals surface area contributed by atoms with Crippen LogP contribution in [0.25, 0.3) is 17.3 Å². The predicted molar refractivity (Wildman–Crippen MR) is 135 cm³/mol. The van der Waals surface area contributed by atoms with E-state index >= 15 is 0 Å². The highest BCUT2D eigenvalue weighted by molar-refractivity contribution is 7.89. The van der Waals surface area contributed by atoms with Crippen molar-refractivity contribution in [1.82, 2.24) is 9.29 Å². The van der Waals surface area contributed by atoms with Crippen molar-refractivity contribution in [3.05, 3.63) is 72.1 Å². The molecule has 10 heteroatoms. The van der Waals surface area contributed by atoms with E-state index in [0.717, 1.165) is 15.4 Å². The van der Waals surface area contributed by atoms with Gasteiger partial charge in [-0.15, -0.1) is 11.3 Å². The van der Waals surface area contributed by atoms with E-state index in [4.69, 9.17) is 9.47 Å². The second kappa shape index (κ2) is 11.1. The molecule has 0 bridgehead atoms. The summed E-state index contributed by atoms with van der Waals surface area (Å²) in [6.45, 7) is 3.98. The highest BCUT2D eigenvalue weighted by Gasteiger charge is 2.17. The molecule has 34 heavy (non-hydrogen) atoms. The maximum atomic E-state index is 12.3. The number of thiazole rings is 1. The number of hydrogen-bond acceptors (Lipinski definition) is 7. The standard InChI is InChI=1S/C24H25N3O5S2/c1-5-14-32-21-12-6-17(15-22(21)31-4)7-13-23(28)26-24-25-20(16-33-24)18-8-10-19(11-9-18)34(29,30)27(2)3/h5-13,15-16H,1,14H2,2-4H3,(H,25,26,28)/b13-7+. The number of carbonyl (C=O) groups excluding carboxylic acids is 1. The van der Waals surface area contributed by atoms with Crippen molar-refractivity contribution in [3.8, 4) is 22.8 Å². The Morgan fingerprint density at radius 1 is 1.18 bits per heavy atom. The van der Waals surface area contributed by atoms with Crippen molar-refractivity contribution in [1.29, 1.82) is 0 Å². The Labute approximate surface area is 203 Å². The van der Waals surface area contributed by atoms with Crippen molar-refractivity contribution in [3.63, 3.8) is 0 Å². The Kier molecular flexibility index (Phi) is 8.21. The van der Waals surface area contributed by atoms with Gasteiger partial charge in [-0.3, -0.25) is 10.1 Å². The van der Waals surface area contributed by atoms with Crippen LogP contribution in [0.4, 0.5) is 5.13 Å². The monoisotopic (exact) mass is 499 g/mol. The summed E-state index contributed by atoms with van der Waals surface area (Å²) >= 11 is 1.28. The third-order valence-electron chi connectivity index (χ3n) is 4.63. The molecule has 0 radical (unpaired) electrons. The zero-order valence-corrected chi connectivity index (χ0v) is 20.7. The Balaban J connectivity index is 1.65. The molecule has 0 aliphatic rings. The van der Waals surface area contributed by atoms with Gasteiger partial charge in [0.1, 0.15) is 6.61 Å². The summed E-state index contributed by atoms with van der Waals surface area (Å²) in [5.74, 6) is 0.810. The number of ether oxygens (including phenoxy) is 2. The maximum absolute atomic E-state index is 12.3. The zero-order chi connectivity index (χ0) is 24.7. The van der Waals surface area contributed by atoms with Crippen molar-refractivity contribution in [2.24, 2.45) is 0 Å². The van der Waals surface area contributed by atoms with Gasteiger partial charge < -0.3 is 9.47 Å². The molecule has 1 aromatic heterocycles. The molecule has 3 rings (SSSR count). The Hall–Kier alpha value is -3.47. The largest absolute Gasteiger partial charge is 0.493 e. The van der Waals surface area contributed by atoms with Crippen LogP contribution in [0.15, 0.2) is 71.5 Å².